The number of nitrogens with zero attached hydrogens (tertiary/aromatic N) is 1. The minimum Gasteiger partial charge on any atom is -0.495 e. The molecule has 3 nitrogen and oxygen atoms in total. The lowest BCUT2D eigenvalue weighted by molar-refractivity contribution is 0.254. The van der Waals surface area contributed by atoms with Crippen molar-refractivity contribution in [3.63, 3.8) is 0 Å². The van der Waals surface area contributed by atoms with Gasteiger partial charge < -0.3 is 10.5 Å². The largest absolute Gasteiger partial charge is 0.495 e. The van der Waals surface area contributed by atoms with E-state index in [2.05, 4.69) is 18.0 Å². The van der Waals surface area contributed by atoms with Crippen LogP contribution in [0.25, 0.3) is 0 Å². The van der Waals surface area contributed by atoms with E-state index >= 15 is 0 Å². The van der Waals surface area contributed by atoms with E-state index in [1.807, 2.05) is 23.9 Å². The first kappa shape index (κ1) is 12.6. The summed E-state index contributed by atoms with van der Waals surface area (Å²) in [6, 6.07) is 6.76. The van der Waals surface area contributed by atoms with Gasteiger partial charge in [-0.2, -0.15) is 11.8 Å². The first-order valence-corrected chi connectivity index (χ1v) is 7.06. The molecule has 0 aromatic heterocycles. The highest BCUT2D eigenvalue weighted by Gasteiger charge is 2.19. The smallest absolute Gasteiger partial charge is 0.141 e. The van der Waals surface area contributed by atoms with Crippen molar-refractivity contribution in [1.29, 1.82) is 0 Å². The number of benzene rings is 1. The molecule has 2 N–H and O–H groups in total. The maximum atomic E-state index is 5.91. The summed E-state index contributed by atoms with van der Waals surface area (Å²) in [5.74, 6) is 3.30. The molecule has 1 aromatic carbocycles. The number of rotatable bonds is 4. The van der Waals surface area contributed by atoms with Gasteiger partial charge in [0, 0.05) is 18.3 Å². The Kier molecular flexibility index (Phi) is 4.18. The van der Waals surface area contributed by atoms with Crippen LogP contribution in [0.4, 0.5) is 5.69 Å². The van der Waals surface area contributed by atoms with Crippen molar-refractivity contribution in [2.45, 2.75) is 19.0 Å². The van der Waals surface area contributed by atoms with E-state index in [9.17, 15) is 0 Å². The molecule has 0 aliphatic carbocycles. The highest BCUT2D eigenvalue weighted by Crippen LogP contribution is 2.25. The Morgan fingerprint density at radius 3 is 2.94 bits per heavy atom. The number of hydrogen-bond acceptors (Lipinski definition) is 4. The number of ether oxygens (including phenoxy) is 1. The van der Waals surface area contributed by atoms with Crippen molar-refractivity contribution < 1.29 is 4.74 Å². The highest BCUT2D eigenvalue weighted by molar-refractivity contribution is 7.99. The van der Waals surface area contributed by atoms with E-state index in [0.29, 0.717) is 6.04 Å². The number of thioether (sulfide) groups is 1. The average molecular weight is 252 g/mol. The summed E-state index contributed by atoms with van der Waals surface area (Å²) in [5.41, 5.74) is 7.89. The molecule has 1 heterocycles. The first-order valence-electron chi connectivity index (χ1n) is 5.91. The monoisotopic (exact) mass is 252 g/mol. The van der Waals surface area contributed by atoms with Gasteiger partial charge in [-0.05, 0) is 36.9 Å². The lowest BCUT2D eigenvalue weighted by Crippen LogP contribution is -2.30. The third kappa shape index (κ3) is 3.07. The van der Waals surface area contributed by atoms with Gasteiger partial charge in [0.2, 0.25) is 0 Å². The van der Waals surface area contributed by atoms with Crippen LogP contribution in [-0.2, 0) is 6.54 Å². The number of anilines is 1. The quantitative estimate of drug-likeness (QED) is 0.834. The number of methoxy groups -OCH3 is 1. The van der Waals surface area contributed by atoms with Crippen molar-refractivity contribution in [1.82, 2.24) is 4.90 Å². The van der Waals surface area contributed by atoms with E-state index < -0.39 is 0 Å². The summed E-state index contributed by atoms with van der Waals surface area (Å²) in [7, 11) is 3.84. The van der Waals surface area contributed by atoms with E-state index in [0.717, 1.165) is 18.0 Å². The number of nitrogen functional groups attached to an aromatic ring is 1. The zero-order valence-electron chi connectivity index (χ0n) is 10.5. The second-order valence-corrected chi connectivity index (χ2v) is 5.66. The summed E-state index contributed by atoms with van der Waals surface area (Å²) in [6.07, 6.45) is 1.30. The second kappa shape index (κ2) is 5.65. The van der Waals surface area contributed by atoms with E-state index in [1.165, 1.54) is 23.5 Å². The van der Waals surface area contributed by atoms with Crippen molar-refractivity contribution in [3.05, 3.63) is 23.8 Å². The minimum absolute atomic E-state index is 0.711. The summed E-state index contributed by atoms with van der Waals surface area (Å²) in [5, 5.41) is 0. The van der Waals surface area contributed by atoms with Gasteiger partial charge in [0.25, 0.3) is 0 Å². The zero-order chi connectivity index (χ0) is 12.3. The molecule has 1 saturated heterocycles. The molecule has 17 heavy (non-hydrogen) atoms. The van der Waals surface area contributed by atoms with Crippen LogP contribution < -0.4 is 10.5 Å². The zero-order valence-corrected chi connectivity index (χ0v) is 11.3. The standard InChI is InChI=1S/C13H20N2OS/c1-15(11-5-6-17-9-11)8-10-3-4-13(16-2)12(14)7-10/h3-4,7,11H,5-6,8-9,14H2,1-2H3. The maximum absolute atomic E-state index is 5.91. The Morgan fingerprint density at radius 1 is 1.53 bits per heavy atom. The van der Waals surface area contributed by atoms with Gasteiger partial charge in [-0.15, -0.1) is 0 Å². The van der Waals surface area contributed by atoms with E-state index in [-0.39, 0.29) is 0 Å². The lowest BCUT2D eigenvalue weighted by Gasteiger charge is -2.23. The lowest BCUT2D eigenvalue weighted by atomic mass is 10.1. The van der Waals surface area contributed by atoms with Crippen molar-refractivity contribution in [2.75, 3.05) is 31.4 Å². The van der Waals surface area contributed by atoms with Crippen LogP contribution in [0, 0.1) is 0 Å². The maximum Gasteiger partial charge on any atom is 0.141 e. The van der Waals surface area contributed by atoms with Gasteiger partial charge in [-0.25, -0.2) is 0 Å². The van der Waals surface area contributed by atoms with E-state index in [4.69, 9.17) is 10.5 Å². The molecule has 1 unspecified atom stereocenters. The summed E-state index contributed by atoms with van der Waals surface area (Å²) >= 11 is 2.04. The fourth-order valence-corrected chi connectivity index (χ4v) is 3.47. The third-order valence-corrected chi connectivity index (χ3v) is 4.40. The summed E-state index contributed by atoms with van der Waals surface area (Å²) in [4.78, 5) is 2.42. The molecule has 0 saturated carbocycles. The molecule has 1 aromatic rings. The molecule has 0 amide bonds. The van der Waals surface area contributed by atoms with Crippen molar-refractivity contribution in [3.8, 4) is 5.75 Å². The Hall–Kier alpha value is -0.870. The van der Waals surface area contributed by atoms with Gasteiger partial charge in [0.05, 0.1) is 12.8 Å². The molecule has 1 fully saturated rings. The molecular formula is C13H20N2OS. The molecule has 0 spiro atoms. The second-order valence-electron chi connectivity index (χ2n) is 4.51. The molecule has 0 radical (unpaired) electrons. The van der Waals surface area contributed by atoms with Gasteiger partial charge >= 0.3 is 0 Å². The fraction of sp³-hybridized carbons (Fsp3) is 0.538. The molecule has 1 atom stereocenters. The predicted molar refractivity (Wildman–Crippen MR) is 74.6 cm³/mol. The van der Waals surface area contributed by atoms with Crippen LogP contribution >= 0.6 is 11.8 Å². The predicted octanol–water partition coefficient (Wildman–Crippen LogP) is 2.21. The molecule has 0 bridgehead atoms. The number of nitrogens with two attached hydrogens (primary N) is 1. The SMILES string of the molecule is COc1ccc(CN(C)C2CCSC2)cc1N. The van der Waals surface area contributed by atoms with Crippen LogP contribution in [0.15, 0.2) is 18.2 Å². The Balaban J connectivity index is 2.00. The molecule has 94 valence electrons. The van der Waals surface area contributed by atoms with Gasteiger partial charge in [0.1, 0.15) is 5.75 Å². The minimum atomic E-state index is 0.711. The van der Waals surface area contributed by atoms with Gasteiger partial charge in [-0.3, -0.25) is 4.90 Å². The molecule has 1 aliphatic heterocycles. The normalized spacial score (nSPS) is 19.8. The van der Waals surface area contributed by atoms with Crippen molar-refractivity contribution >= 4 is 17.4 Å². The van der Waals surface area contributed by atoms with Gasteiger partial charge in [0.15, 0.2) is 0 Å². The van der Waals surface area contributed by atoms with Crippen LogP contribution in [-0.4, -0.2) is 36.6 Å². The first-order chi connectivity index (χ1) is 8.20. The number of hydrogen-bond donors (Lipinski definition) is 1. The molecule has 1 aliphatic rings. The Morgan fingerprint density at radius 2 is 2.35 bits per heavy atom. The summed E-state index contributed by atoms with van der Waals surface area (Å²) in [6.45, 7) is 0.958. The average Bonchev–Trinajstić information content (AvgIpc) is 2.82. The fourth-order valence-electron chi connectivity index (χ4n) is 2.17. The van der Waals surface area contributed by atoms with Crippen LogP contribution in [0.5, 0.6) is 5.75 Å². The van der Waals surface area contributed by atoms with Gasteiger partial charge in [-0.1, -0.05) is 6.07 Å². The topological polar surface area (TPSA) is 38.5 Å². The Labute approximate surface area is 107 Å². The molecular weight excluding hydrogens is 232 g/mol. The summed E-state index contributed by atoms with van der Waals surface area (Å²) < 4.78 is 5.16. The van der Waals surface area contributed by atoms with Crippen molar-refractivity contribution in [2.24, 2.45) is 0 Å². The van der Waals surface area contributed by atoms with Crippen LogP contribution in [0.2, 0.25) is 0 Å². The molecule has 4 heteroatoms. The van der Waals surface area contributed by atoms with E-state index in [1.54, 1.807) is 7.11 Å². The van der Waals surface area contributed by atoms with Crippen LogP contribution in [0.3, 0.4) is 0 Å². The molecule has 2 rings (SSSR count). The van der Waals surface area contributed by atoms with Crippen LogP contribution in [0.1, 0.15) is 12.0 Å². The highest BCUT2D eigenvalue weighted by atomic mass is 32.2. The third-order valence-electron chi connectivity index (χ3n) is 3.26. The Bertz CT molecular complexity index is 378.